The lowest BCUT2D eigenvalue weighted by Gasteiger charge is -2.46. The van der Waals surface area contributed by atoms with Gasteiger partial charge < -0.3 is 4.74 Å². The highest BCUT2D eigenvalue weighted by molar-refractivity contribution is 5.02. The second kappa shape index (κ2) is 6.01. The predicted molar refractivity (Wildman–Crippen MR) is 71.2 cm³/mol. The van der Waals surface area contributed by atoms with Crippen LogP contribution < -0.4 is 0 Å². The Kier molecular flexibility index (Phi) is 4.60. The van der Waals surface area contributed by atoms with E-state index in [-0.39, 0.29) is 11.5 Å². The number of hydrogen-bond acceptors (Lipinski definition) is 4. The van der Waals surface area contributed by atoms with Crippen LogP contribution in [0, 0.1) is 17.2 Å². The molecule has 2 fully saturated rings. The summed E-state index contributed by atoms with van der Waals surface area (Å²) < 4.78 is 5.37. The molecule has 4 nitrogen and oxygen atoms in total. The maximum Gasteiger partial charge on any atom is 0.0675 e. The van der Waals surface area contributed by atoms with E-state index in [2.05, 4.69) is 29.7 Å². The van der Waals surface area contributed by atoms with E-state index in [1.54, 1.807) is 0 Å². The van der Waals surface area contributed by atoms with Gasteiger partial charge in [0.1, 0.15) is 0 Å². The van der Waals surface area contributed by atoms with Crippen LogP contribution in [0.4, 0.5) is 0 Å². The smallest absolute Gasteiger partial charge is 0.0675 e. The summed E-state index contributed by atoms with van der Waals surface area (Å²) in [5, 5.41) is 9.26. The first-order chi connectivity index (χ1) is 8.64. The van der Waals surface area contributed by atoms with Gasteiger partial charge in [-0.25, -0.2) is 0 Å². The van der Waals surface area contributed by atoms with Crippen LogP contribution >= 0.6 is 0 Å². The minimum absolute atomic E-state index is 0.0271. The lowest BCUT2D eigenvalue weighted by Crippen LogP contribution is -2.55. The van der Waals surface area contributed by atoms with Gasteiger partial charge in [-0.1, -0.05) is 0 Å². The zero-order chi connectivity index (χ0) is 13.0. The molecule has 0 saturated carbocycles. The SMILES string of the molecule is CC1(C)C(C#N)CCCN1CCN1CCOCC1. The molecule has 0 aromatic rings. The average molecular weight is 251 g/mol. The summed E-state index contributed by atoms with van der Waals surface area (Å²) in [5.74, 6) is 0.177. The monoisotopic (exact) mass is 251 g/mol. The van der Waals surface area contributed by atoms with E-state index in [1.807, 2.05) is 0 Å². The van der Waals surface area contributed by atoms with E-state index in [0.29, 0.717) is 0 Å². The zero-order valence-corrected chi connectivity index (χ0v) is 11.7. The normalized spacial score (nSPS) is 29.9. The third-order valence-electron chi connectivity index (χ3n) is 4.53. The largest absolute Gasteiger partial charge is 0.379 e. The van der Waals surface area contributed by atoms with Crippen molar-refractivity contribution < 1.29 is 4.74 Å². The molecule has 2 rings (SSSR count). The first-order valence-electron chi connectivity index (χ1n) is 7.09. The number of morpholine rings is 1. The molecule has 0 radical (unpaired) electrons. The van der Waals surface area contributed by atoms with Crippen LogP contribution in [0.15, 0.2) is 0 Å². The van der Waals surface area contributed by atoms with Crippen molar-refractivity contribution in [1.82, 2.24) is 9.80 Å². The molecule has 0 aliphatic carbocycles. The van der Waals surface area contributed by atoms with Gasteiger partial charge in [0.25, 0.3) is 0 Å². The van der Waals surface area contributed by atoms with E-state index in [9.17, 15) is 5.26 Å². The molecule has 0 aromatic carbocycles. The molecule has 4 heteroatoms. The number of nitriles is 1. The molecule has 0 spiro atoms. The van der Waals surface area contributed by atoms with Crippen molar-refractivity contribution >= 4 is 0 Å². The summed E-state index contributed by atoms with van der Waals surface area (Å²) in [6.45, 7) is 11.6. The Bertz CT molecular complexity index is 305. The first-order valence-corrected chi connectivity index (χ1v) is 7.09. The van der Waals surface area contributed by atoms with Crippen LogP contribution in [0.1, 0.15) is 26.7 Å². The third-order valence-corrected chi connectivity index (χ3v) is 4.53. The molecule has 0 aromatic heterocycles. The number of rotatable bonds is 3. The first kappa shape index (κ1) is 13.8. The van der Waals surface area contributed by atoms with Gasteiger partial charge >= 0.3 is 0 Å². The maximum absolute atomic E-state index is 9.26. The van der Waals surface area contributed by atoms with Crippen molar-refractivity contribution in [3.05, 3.63) is 0 Å². The number of likely N-dealkylation sites (tertiary alicyclic amines) is 1. The summed E-state index contributed by atoms with van der Waals surface area (Å²) in [4.78, 5) is 4.97. The van der Waals surface area contributed by atoms with E-state index in [0.717, 1.165) is 58.8 Å². The van der Waals surface area contributed by atoms with Crippen molar-refractivity contribution in [3.8, 4) is 6.07 Å². The van der Waals surface area contributed by atoms with Crippen LogP contribution in [-0.2, 0) is 4.74 Å². The maximum atomic E-state index is 9.26. The Morgan fingerprint density at radius 1 is 1.22 bits per heavy atom. The molecule has 2 saturated heterocycles. The van der Waals surface area contributed by atoms with Crippen LogP contribution in [0.25, 0.3) is 0 Å². The van der Waals surface area contributed by atoms with Crippen molar-refractivity contribution in [2.75, 3.05) is 45.9 Å². The van der Waals surface area contributed by atoms with Crippen LogP contribution in [0.5, 0.6) is 0 Å². The lowest BCUT2D eigenvalue weighted by molar-refractivity contribution is 0.00849. The number of nitrogens with zero attached hydrogens (tertiary/aromatic N) is 3. The molecular weight excluding hydrogens is 226 g/mol. The third kappa shape index (κ3) is 3.03. The van der Waals surface area contributed by atoms with Gasteiger partial charge in [0.15, 0.2) is 0 Å². The number of hydrogen-bond donors (Lipinski definition) is 0. The molecule has 0 amide bonds. The van der Waals surface area contributed by atoms with E-state index in [1.165, 1.54) is 0 Å². The predicted octanol–water partition coefficient (Wildman–Crippen LogP) is 1.33. The van der Waals surface area contributed by atoms with Gasteiger partial charge in [-0.2, -0.15) is 5.26 Å². The number of ether oxygens (including phenoxy) is 1. The van der Waals surface area contributed by atoms with Gasteiger partial charge in [0.2, 0.25) is 0 Å². The molecule has 18 heavy (non-hydrogen) atoms. The van der Waals surface area contributed by atoms with Crippen LogP contribution in [0.3, 0.4) is 0 Å². The Hall–Kier alpha value is -0.630. The molecule has 1 unspecified atom stereocenters. The highest BCUT2D eigenvalue weighted by Gasteiger charge is 2.38. The Labute approximate surface area is 110 Å². The summed E-state index contributed by atoms with van der Waals surface area (Å²) in [6.07, 6.45) is 2.21. The summed E-state index contributed by atoms with van der Waals surface area (Å²) in [7, 11) is 0. The van der Waals surface area contributed by atoms with E-state index in [4.69, 9.17) is 4.74 Å². The fourth-order valence-corrected chi connectivity index (χ4v) is 3.06. The minimum atomic E-state index is 0.0271. The molecule has 2 heterocycles. The Morgan fingerprint density at radius 3 is 2.61 bits per heavy atom. The molecule has 2 aliphatic heterocycles. The van der Waals surface area contributed by atoms with Crippen molar-refractivity contribution in [1.29, 1.82) is 5.26 Å². The summed E-state index contributed by atoms with van der Waals surface area (Å²) >= 11 is 0. The molecule has 1 atom stereocenters. The van der Waals surface area contributed by atoms with Gasteiger partial charge in [0.05, 0.1) is 25.2 Å². The highest BCUT2D eigenvalue weighted by Crippen LogP contribution is 2.32. The lowest BCUT2D eigenvalue weighted by atomic mass is 9.80. The van der Waals surface area contributed by atoms with Gasteiger partial charge in [-0.15, -0.1) is 0 Å². The van der Waals surface area contributed by atoms with Crippen LogP contribution in [-0.4, -0.2) is 61.3 Å². The standard InChI is InChI=1S/C14H25N3O/c1-14(2)13(12-15)4-3-5-17(14)7-6-16-8-10-18-11-9-16/h13H,3-11H2,1-2H3. The molecular formula is C14H25N3O. The minimum Gasteiger partial charge on any atom is -0.379 e. The van der Waals surface area contributed by atoms with Crippen molar-refractivity contribution in [2.45, 2.75) is 32.2 Å². The Morgan fingerprint density at radius 2 is 1.94 bits per heavy atom. The Balaban J connectivity index is 1.85. The highest BCUT2D eigenvalue weighted by atomic mass is 16.5. The second-order valence-electron chi connectivity index (χ2n) is 5.92. The quantitative estimate of drug-likeness (QED) is 0.759. The topological polar surface area (TPSA) is 39.5 Å². The van der Waals surface area contributed by atoms with E-state index < -0.39 is 0 Å². The number of piperidine rings is 1. The van der Waals surface area contributed by atoms with Crippen LogP contribution in [0.2, 0.25) is 0 Å². The van der Waals surface area contributed by atoms with Gasteiger partial charge in [0, 0.05) is 31.7 Å². The fourth-order valence-electron chi connectivity index (χ4n) is 3.06. The average Bonchev–Trinajstić information content (AvgIpc) is 2.38. The molecule has 102 valence electrons. The molecule has 0 N–H and O–H groups in total. The van der Waals surface area contributed by atoms with Crippen molar-refractivity contribution in [2.24, 2.45) is 5.92 Å². The molecule has 0 bridgehead atoms. The van der Waals surface area contributed by atoms with Gasteiger partial charge in [-0.05, 0) is 33.2 Å². The second-order valence-corrected chi connectivity index (χ2v) is 5.92. The van der Waals surface area contributed by atoms with Gasteiger partial charge in [-0.3, -0.25) is 9.80 Å². The summed E-state index contributed by atoms with van der Waals surface area (Å²) in [6, 6.07) is 2.49. The van der Waals surface area contributed by atoms with E-state index >= 15 is 0 Å². The zero-order valence-electron chi connectivity index (χ0n) is 11.7. The fraction of sp³-hybridized carbons (Fsp3) is 0.929. The summed E-state index contributed by atoms with van der Waals surface area (Å²) in [5.41, 5.74) is 0.0271. The van der Waals surface area contributed by atoms with Crippen molar-refractivity contribution in [3.63, 3.8) is 0 Å². The molecule has 2 aliphatic rings.